The van der Waals surface area contributed by atoms with Gasteiger partial charge in [0.05, 0.1) is 23.2 Å². The van der Waals surface area contributed by atoms with Gasteiger partial charge in [-0.1, -0.05) is 11.6 Å². The number of hydrogen-bond acceptors (Lipinski definition) is 4. The molecule has 4 rings (SSSR count). The average molecular weight is 400 g/mol. The number of hydrogen-bond donors (Lipinski definition) is 1. The first kappa shape index (κ1) is 18.1. The Hall–Kier alpha value is -3.32. The zero-order chi connectivity index (χ0) is 20.0. The summed E-state index contributed by atoms with van der Waals surface area (Å²) in [5, 5.41) is 0.395. The van der Waals surface area contributed by atoms with Gasteiger partial charge in [0.15, 0.2) is 0 Å². The lowest BCUT2D eigenvalue weighted by atomic mass is 10.0. The summed E-state index contributed by atoms with van der Waals surface area (Å²) in [6, 6.07) is 10.9. The number of furan rings is 1. The fourth-order valence-electron chi connectivity index (χ4n) is 3.35. The predicted octanol–water partition coefficient (Wildman–Crippen LogP) is 4.24. The van der Waals surface area contributed by atoms with Gasteiger partial charge in [0.1, 0.15) is 12.5 Å². The van der Waals surface area contributed by atoms with Crippen LogP contribution >= 0.6 is 11.6 Å². The fourth-order valence-corrected chi connectivity index (χ4v) is 3.53. The Morgan fingerprint density at radius 1 is 1.11 bits per heavy atom. The number of nitrogens with zero attached hydrogens (tertiary/aromatic N) is 2. The van der Waals surface area contributed by atoms with Gasteiger partial charge in [-0.2, -0.15) is 0 Å². The van der Waals surface area contributed by atoms with Crippen LogP contribution in [0.15, 0.2) is 53.1 Å². The van der Waals surface area contributed by atoms with Crippen LogP contribution in [0.4, 0.5) is 21.5 Å². The molecule has 0 aliphatic carbocycles. The zero-order valence-electron chi connectivity index (χ0n) is 14.8. The van der Waals surface area contributed by atoms with Crippen molar-refractivity contribution in [2.75, 3.05) is 16.5 Å². The summed E-state index contributed by atoms with van der Waals surface area (Å²) in [7, 11) is 0. The molecule has 1 aromatic heterocycles. The van der Waals surface area contributed by atoms with E-state index in [4.69, 9.17) is 21.8 Å². The number of primary amides is 1. The maximum absolute atomic E-state index is 13.6. The molecular formula is C20H15ClFN3O3. The predicted molar refractivity (Wildman–Crippen MR) is 104 cm³/mol. The Kier molecular flexibility index (Phi) is 4.31. The van der Waals surface area contributed by atoms with Crippen LogP contribution in [0.1, 0.15) is 26.5 Å². The monoisotopic (exact) mass is 399 g/mol. The Balaban J connectivity index is 1.90. The van der Waals surface area contributed by atoms with E-state index in [-0.39, 0.29) is 29.8 Å². The molecule has 0 fully saturated rings. The van der Waals surface area contributed by atoms with Crippen molar-refractivity contribution in [2.24, 2.45) is 5.73 Å². The quantitative estimate of drug-likeness (QED) is 0.714. The maximum Gasteiger partial charge on any atom is 0.286 e. The number of amides is 2. The molecule has 0 atom stereocenters. The highest BCUT2D eigenvalue weighted by Gasteiger charge is 2.34. The van der Waals surface area contributed by atoms with Crippen molar-refractivity contribution in [3.8, 4) is 0 Å². The molecule has 142 valence electrons. The summed E-state index contributed by atoms with van der Waals surface area (Å²) in [4.78, 5) is 28.1. The highest BCUT2D eigenvalue weighted by molar-refractivity contribution is 6.31. The minimum Gasteiger partial charge on any atom is -0.457 e. The van der Waals surface area contributed by atoms with Gasteiger partial charge < -0.3 is 15.1 Å². The van der Waals surface area contributed by atoms with E-state index in [0.29, 0.717) is 27.5 Å². The molecule has 0 radical (unpaired) electrons. The van der Waals surface area contributed by atoms with Gasteiger partial charge in [-0.3, -0.25) is 14.5 Å². The summed E-state index contributed by atoms with van der Waals surface area (Å²) in [5.41, 5.74) is 8.01. The topological polar surface area (TPSA) is 79.8 Å². The van der Waals surface area contributed by atoms with Crippen LogP contribution < -0.4 is 15.5 Å². The third-order valence-corrected chi connectivity index (χ3v) is 4.85. The summed E-state index contributed by atoms with van der Waals surface area (Å²) in [5.74, 6) is -1.60. The standard InChI is InChI=1S/C20H15ClFN3O3/c1-11-8-13(22)3-5-15(11)24-10-25(17-6-7-28-18(17)19(23)26)20(27)14-9-12(21)2-4-16(14)24/h2-9H,10H2,1H3,(H2,23,26). The lowest BCUT2D eigenvalue weighted by molar-refractivity contribution is 0.0972. The molecule has 3 aromatic rings. The average Bonchev–Trinajstić information content (AvgIpc) is 3.13. The zero-order valence-corrected chi connectivity index (χ0v) is 15.5. The molecule has 0 saturated carbocycles. The van der Waals surface area contributed by atoms with Crippen LogP contribution in [-0.4, -0.2) is 18.5 Å². The van der Waals surface area contributed by atoms with E-state index in [9.17, 15) is 14.0 Å². The van der Waals surface area contributed by atoms with Crippen molar-refractivity contribution < 1.29 is 18.4 Å². The molecule has 28 heavy (non-hydrogen) atoms. The minimum absolute atomic E-state index is 0.0831. The summed E-state index contributed by atoms with van der Waals surface area (Å²) < 4.78 is 18.8. The summed E-state index contributed by atoms with van der Waals surface area (Å²) in [6.45, 7) is 1.86. The molecular weight excluding hydrogens is 385 g/mol. The third kappa shape index (κ3) is 2.90. The molecule has 0 spiro atoms. The molecule has 2 aromatic carbocycles. The van der Waals surface area contributed by atoms with Crippen molar-refractivity contribution in [1.82, 2.24) is 0 Å². The number of carbonyl (C=O) groups is 2. The van der Waals surface area contributed by atoms with Crippen LogP contribution in [0.25, 0.3) is 0 Å². The first-order valence-corrected chi connectivity index (χ1v) is 8.77. The molecule has 2 amide bonds. The van der Waals surface area contributed by atoms with E-state index >= 15 is 0 Å². The van der Waals surface area contributed by atoms with E-state index in [1.165, 1.54) is 29.4 Å². The second-order valence-electron chi connectivity index (χ2n) is 6.39. The molecule has 0 unspecified atom stereocenters. The fraction of sp³-hybridized carbons (Fsp3) is 0.100. The van der Waals surface area contributed by atoms with Crippen molar-refractivity contribution in [3.05, 3.63) is 76.5 Å². The summed E-state index contributed by atoms with van der Waals surface area (Å²) in [6.07, 6.45) is 1.30. The normalized spacial score (nSPS) is 13.6. The molecule has 8 heteroatoms. The Morgan fingerprint density at radius 3 is 2.57 bits per heavy atom. The largest absolute Gasteiger partial charge is 0.457 e. The number of anilines is 3. The van der Waals surface area contributed by atoms with Gasteiger partial charge >= 0.3 is 0 Å². The molecule has 0 saturated heterocycles. The number of aryl methyl sites for hydroxylation is 1. The van der Waals surface area contributed by atoms with E-state index in [0.717, 1.165) is 0 Å². The Labute approximate surface area is 164 Å². The van der Waals surface area contributed by atoms with E-state index < -0.39 is 5.91 Å². The van der Waals surface area contributed by atoms with Gasteiger partial charge in [0.2, 0.25) is 5.76 Å². The second kappa shape index (κ2) is 6.69. The Morgan fingerprint density at radius 2 is 1.86 bits per heavy atom. The van der Waals surface area contributed by atoms with Gasteiger partial charge in [-0.05, 0) is 48.9 Å². The number of nitrogens with two attached hydrogens (primary N) is 1. The van der Waals surface area contributed by atoms with Crippen LogP contribution in [0.5, 0.6) is 0 Å². The molecule has 0 bridgehead atoms. The van der Waals surface area contributed by atoms with Crippen LogP contribution in [0.2, 0.25) is 5.02 Å². The number of rotatable bonds is 3. The smallest absolute Gasteiger partial charge is 0.286 e. The van der Waals surface area contributed by atoms with Crippen molar-refractivity contribution in [2.45, 2.75) is 6.92 Å². The van der Waals surface area contributed by atoms with E-state index in [2.05, 4.69) is 0 Å². The number of fused-ring (bicyclic) bond motifs is 1. The van der Waals surface area contributed by atoms with Crippen molar-refractivity contribution in [1.29, 1.82) is 0 Å². The molecule has 1 aliphatic rings. The van der Waals surface area contributed by atoms with Crippen molar-refractivity contribution >= 4 is 40.5 Å². The number of carbonyl (C=O) groups excluding carboxylic acids is 2. The third-order valence-electron chi connectivity index (χ3n) is 4.62. The Bertz CT molecular complexity index is 1110. The number of benzene rings is 2. The molecule has 2 heterocycles. The highest BCUT2D eigenvalue weighted by Crippen LogP contribution is 2.39. The van der Waals surface area contributed by atoms with Crippen LogP contribution in [-0.2, 0) is 0 Å². The minimum atomic E-state index is -0.783. The van der Waals surface area contributed by atoms with Gasteiger partial charge in [0.25, 0.3) is 11.8 Å². The highest BCUT2D eigenvalue weighted by atomic mass is 35.5. The molecule has 2 N–H and O–H groups in total. The molecule has 6 nitrogen and oxygen atoms in total. The van der Waals surface area contributed by atoms with Gasteiger partial charge in [-0.15, -0.1) is 0 Å². The lowest BCUT2D eigenvalue weighted by Gasteiger charge is -2.38. The molecule has 1 aliphatic heterocycles. The van der Waals surface area contributed by atoms with Crippen LogP contribution in [0.3, 0.4) is 0 Å². The first-order chi connectivity index (χ1) is 13.4. The summed E-state index contributed by atoms with van der Waals surface area (Å²) >= 11 is 6.11. The number of halogens is 2. The van der Waals surface area contributed by atoms with E-state index in [1.54, 1.807) is 31.2 Å². The van der Waals surface area contributed by atoms with Gasteiger partial charge in [-0.25, -0.2) is 4.39 Å². The van der Waals surface area contributed by atoms with Crippen LogP contribution in [0, 0.1) is 12.7 Å². The lowest BCUT2D eigenvalue weighted by Crippen LogP contribution is -2.45. The maximum atomic E-state index is 13.6. The van der Waals surface area contributed by atoms with Gasteiger partial charge in [0, 0.05) is 16.8 Å². The first-order valence-electron chi connectivity index (χ1n) is 8.39. The van der Waals surface area contributed by atoms with E-state index in [1.807, 2.05) is 4.90 Å². The van der Waals surface area contributed by atoms with Crippen molar-refractivity contribution in [3.63, 3.8) is 0 Å². The SMILES string of the molecule is Cc1cc(F)ccc1N1CN(c2ccoc2C(N)=O)C(=O)c2cc(Cl)ccc21. The second-order valence-corrected chi connectivity index (χ2v) is 6.83.